The summed E-state index contributed by atoms with van der Waals surface area (Å²) in [6, 6.07) is 5.73. The second kappa shape index (κ2) is 5.02. The van der Waals surface area contributed by atoms with Crippen molar-refractivity contribution >= 4 is 11.6 Å². The number of pyridine rings is 1. The Hall–Kier alpha value is -1.48. The van der Waals surface area contributed by atoms with E-state index in [0.29, 0.717) is 11.0 Å². The van der Waals surface area contributed by atoms with Gasteiger partial charge >= 0.3 is 0 Å². The Morgan fingerprint density at radius 2 is 1.89 bits per heavy atom. The summed E-state index contributed by atoms with van der Waals surface area (Å²) in [6.45, 7) is 0. The number of aryl methyl sites for hydroxylation is 1. The molecule has 0 saturated carbocycles. The van der Waals surface area contributed by atoms with Gasteiger partial charge in [0.15, 0.2) is 5.82 Å². The molecule has 2 heterocycles. The fourth-order valence-electron chi connectivity index (χ4n) is 2.33. The number of hydrogen-bond donors (Lipinski definition) is 0. The van der Waals surface area contributed by atoms with Gasteiger partial charge in [0.1, 0.15) is 10.8 Å². The smallest absolute Gasteiger partial charge is 0.179 e. The van der Waals surface area contributed by atoms with Crippen LogP contribution in [0, 0.1) is 0 Å². The van der Waals surface area contributed by atoms with Gasteiger partial charge in [0.25, 0.3) is 0 Å². The quantitative estimate of drug-likeness (QED) is 0.582. The molecule has 1 aliphatic rings. The van der Waals surface area contributed by atoms with Crippen LogP contribution in [0.1, 0.15) is 30.5 Å². The van der Waals surface area contributed by atoms with Crippen LogP contribution in [0.3, 0.4) is 0 Å². The van der Waals surface area contributed by atoms with Crippen molar-refractivity contribution in [2.45, 2.75) is 32.1 Å². The minimum Gasteiger partial charge on any atom is -0.253 e. The minimum atomic E-state index is 0.600. The highest BCUT2D eigenvalue weighted by atomic mass is 35.5. The highest BCUT2D eigenvalue weighted by Gasteiger charge is 2.16. The molecule has 2 aromatic heterocycles. The lowest BCUT2D eigenvalue weighted by Gasteiger charge is -2.08. The average molecular weight is 260 g/mol. The first kappa shape index (κ1) is 11.6. The molecule has 0 aromatic carbocycles. The lowest BCUT2D eigenvalue weighted by atomic mass is 10.1. The predicted octanol–water partition coefficient (Wildman–Crippen LogP) is 3.46. The first-order chi connectivity index (χ1) is 8.84. The van der Waals surface area contributed by atoms with E-state index in [1.807, 2.05) is 18.2 Å². The summed E-state index contributed by atoms with van der Waals surface area (Å²) in [4.78, 5) is 13.3. The molecule has 0 saturated heterocycles. The van der Waals surface area contributed by atoms with Gasteiger partial charge in [-0.25, -0.2) is 9.97 Å². The zero-order valence-corrected chi connectivity index (χ0v) is 10.8. The van der Waals surface area contributed by atoms with E-state index in [2.05, 4.69) is 15.0 Å². The summed E-state index contributed by atoms with van der Waals surface area (Å²) < 4.78 is 0. The number of nitrogens with zero attached hydrogens (tertiary/aromatic N) is 3. The van der Waals surface area contributed by atoms with Crippen LogP contribution in [0.25, 0.3) is 11.5 Å². The van der Waals surface area contributed by atoms with Gasteiger partial charge in [-0.15, -0.1) is 0 Å². The normalized spacial score (nSPS) is 14.9. The van der Waals surface area contributed by atoms with Gasteiger partial charge in [-0.3, -0.25) is 4.98 Å². The van der Waals surface area contributed by atoms with Gasteiger partial charge in [-0.05, 0) is 37.8 Å². The molecule has 0 atom stereocenters. The average Bonchev–Trinajstić information content (AvgIpc) is 2.65. The summed E-state index contributed by atoms with van der Waals surface area (Å²) in [5.41, 5.74) is 3.02. The summed E-state index contributed by atoms with van der Waals surface area (Å²) in [5.74, 6) is 0.640. The molecule has 0 bridgehead atoms. The third-order valence-electron chi connectivity index (χ3n) is 3.28. The largest absolute Gasteiger partial charge is 0.253 e. The molecule has 3 nitrogen and oxygen atoms in total. The van der Waals surface area contributed by atoms with E-state index >= 15 is 0 Å². The van der Waals surface area contributed by atoms with Crippen LogP contribution in [0.4, 0.5) is 0 Å². The first-order valence-corrected chi connectivity index (χ1v) is 6.69. The molecule has 1 aliphatic carbocycles. The summed E-state index contributed by atoms with van der Waals surface area (Å²) >= 11 is 6.29. The van der Waals surface area contributed by atoms with Crippen LogP contribution in [-0.4, -0.2) is 15.0 Å². The Labute approximate surface area is 111 Å². The molecule has 92 valence electrons. The summed E-state index contributed by atoms with van der Waals surface area (Å²) in [5, 5.41) is 0.600. The second-order valence-corrected chi connectivity index (χ2v) is 4.90. The van der Waals surface area contributed by atoms with Gasteiger partial charge in [0.05, 0.1) is 0 Å². The van der Waals surface area contributed by atoms with Crippen molar-refractivity contribution in [2.75, 3.05) is 0 Å². The van der Waals surface area contributed by atoms with Crippen molar-refractivity contribution in [3.8, 4) is 11.5 Å². The van der Waals surface area contributed by atoms with E-state index in [1.54, 1.807) is 6.20 Å². The van der Waals surface area contributed by atoms with Crippen molar-refractivity contribution in [1.82, 2.24) is 15.0 Å². The zero-order valence-electron chi connectivity index (χ0n) is 10.1. The maximum absolute atomic E-state index is 6.29. The van der Waals surface area contributed by atoms with E-state index in [0.717, 1.165) is 29.8 Å². The van der Waals surface area contributed by atoms with E-state index in [-0.39, 0.29) is 0 Å². The van der Waals surface area contributed by atoms with Gasteiger partial charge in [0, 0.05) is 17.5 Å². The van der Waals surface area contributed by atoms with Crippen LogP contribution in [0.2, 0.25) is 5.15 Å². The first-order valence-electron chi connectivity index (χ1n) is 6.31. The van der Waals surface area contributed by atoms with E-state index in [4.69, 9.17) is 11.6 Å². The maximum atomic E-state index is 6.29. The van der Waals surface area contributed by atoms with Crippen molar-refractivity contribution in [2.24, 2.45) is 0 Å². The fraction of sp³-hybridized carbons (Fsp3) is 0.357. The molecule has 0 spiro atoms. The lowest BCUT2D eigenvalue weighted by Crippen LogP contribution is -2.02. The van der Waals surface area contributed by atoms with Crippen LogP contribution < -0.4 is 0 Å². The van der Waals surface area contributed by atoms with Crippen LogP contribution in [0.15, 0.2) is 24.4 Å². The fourth-order valence-corrected chi connectivity index (χ4v) is 2.62. The third kappa shape index (κ3) is 2.23. The van der Waals surface area contributed by atoms with Crippen LogP contribution in [-0.2, 0) is 12.8 Å². The van der Waals surface area contributed by atoms with E-state index < -0.39 is 0 Å². The third-order valence-corrected chi connectivity index (χ3v) is 3.59. The molecule has 0 fully saturated rings. The molecular formula is C14H14ClN3. The van der Waals surface area contributed by atoms with Gasteiger partial charge in [0.2, 0.25) is 0 Å². The molecule has 18 heavy (non-hydrogen) atoms. The SMILES string of the molecule is Clc1nc(-c2ccccn2)nc2c1CCCCC2. The van der Waals surface area contributed by atoms with E-state index in [1.165, 1.54) is 19.3 Å². The second-order valence-electron chi connectivity index (χ2n) is 4.54. The Bertz CT molecular complexity index is 554. The van der Waals surface area contributed by atoms with Gasteiger partial charge in [-0.1, -0.05) is 24.1 Å². The molecule has 2 aromatic rings. The topological polar surface area (TPSA) is 38.7 Å². The van der Waals surface area contributed by atoms with Crippen LogP contribution >= 0.6 is 11.6 Å². The van der Waals surface area contributed by atoms with Crippen molar-refractivity contribution < 1.29 is 0 Å². The Morgan fingerprint density at radius 3 is 2.72 bits per heavy atom. The van der Waals surface area contributed by atoms with Crippen molar-refractivity contribution in [3.63, 3.8) is 0 Å². The number of halogens is 1. The highest BCUT2D eigenvalue weighted by Crippen LogP contribution is 2.26. The van der Waals surface area contributed by atoms with E-state index in [9.17, 15) is 0 Å². The monoisotopic (exact) mass is 259 g/mol. The molecule has 4 heteroatoms. The number of hydrogen-bond acceptors (Lipinski definition) is 3. The number of rotatable bonds is 1. The van der Waals surface area contributed by atoms with Crippen LogP contribution in [0.5, 0.6) is 0 Å². The molecule has 0 aliphatic heterocycles. The Balaban J connectivity index is 2.08. The standard InChI is InChI=1S/C14H14ClN3/c15-13-10-6-2-1-3-7-11(10)17-14(18-13)12-8-4-5-9-16-12/h4-5,8-9H,1-3,6-7H2. The molecule has 0 unspecified atom stereocenters. The van der Waals surface area contributed by atoms with Gasteiger partial charge < -0.3 is 0 Å². The number of aromatic nitrogens is 3. The number of fused-ring (bicyclic) bond motifs is 1. The van der Waals surface area contributed by atoms with Gasteiger partial charge in [-0.2, -0.15) is 0 Å². The Morgan fingerprint density at radius 1 is 1.00 bits per heavy atom. The Kier molecular flexibility index (Phi) is 3.24. The van der Waals surface area contributed by atoms with Crippen molar-refractivity contribution in [3.05, 3.63) is 40.8 Å². The zero-order chi connectivity index (χ0) is 12.4. The lowest BCUT2D eigenvalue weighted by molar-refractivity contribution is 0.709. The predicted molar refractivity (Wildman–Crippen MR) is 71.5 cm³/mol. The minimum absolute atomic E-state index is 0.600. The molecular weight excluding hydrogens is 246 g/mol. The molecule has 3 rings (SSSR count). The molecule has 0 amide bonds. The molecule has 0 radical (unpaired) electrons. The molecule has 0 N–H and O–H groups in total. The summed E-state index contributed by atoms with van der Waals surface area (Å²) in [6.07, 6.45) is 7.35. The highest BCUT2D eigenvalue weighted by molar-refractivity contribution is 6.30. The maximum Gasteiger partial charge on any atom is 0.179 e. The van der Waals surface area contributed by atoms with Crippen molar-refractivity contribution in [1.29, 1.82) is 0 Å². The summed E-state index contributed by atoms with van der Waals surface area (Å²) in [7, 11) is 0.